The standard InChI is InChI=1S/C3H3F2NO3/c4-1(5)2(7)6-3(8)9/h1H,(H,6,7)(H,8,9). The summed E-state index contributed by atoms with van der Waals surface area (Å²) in [6.45, 7) is 0. The fourth-order valence-corrected chi connectivity index (χ4v) is 0.160. The molecule has 6 heteroatoms. The Balaban J connectivity index is 3.64. The zero-order chi connectivity index (χ0) is 7.44. The Morgan fingerprint density at radius 2 is 1.89 bits per heavy atom. The minimum Gasteiger partial charge on any atom is -0.465 e. The zero-order valence-corrected chi connectivity index (χ0v) is 4.10. The van der Waals surface area contributed by atoms with Gasteiger partial charge in [0.25, 0.3) is 5.91 Å². The fraction of sp³-hybridized carbons (Fsp3) is 0.333. The van der Waals surface area contributed by atoms with Crippen molar-refractivity contribution in [2.75, 3.05) is 0 Å². The van der Waals surface area contributed by atoms with Crippen molar-refractivity contribution in [3.63, 3.8) is 0 Å². The molecule has 0 aromatic rings. The quantitative estimate of drug-likeness (QED) is 0.539. The predicted molar refractivity (Wildman–Crippen MR) is 22.2 cm³/mol. The van der Waals surface area contributed by atoms with Crippen molar-refractivity contribution >= 4 is 12.0 Å². The molecule has 2 amide bonds. The number of hydrogen-bond donors (Lipinski definition) is 2. The largest absolute Gasteiger partial charge is 0.465 e. The molecule has 0 saturated heterocycles. The van der Waals surface area contributed by atoms with Crippen LogP contribution < -0.4 is 5.32 Å². The Morgan fingerprint density at radius 1 is 1.44 bits per heavy atom. The Bertz CT molecular complexity index is 135. The number of alkyl halides is 2. The van der Waals surface area contributed by atoms with Crippen LogP contribution in [0, 0.1) is 0 Å². The van der Waals surface area contributed by atoms with Crippen LogP contribution in [0.2, 0.25) is 0 Å². The van der Waals surface area contributed by atoms with Gasteiger partial charge in [0.2, 0.25) is 0 Å². The second kappa shape index (κ2) is 2.95. The summed E-state index contributed by atoms with van der Waals surface area (Å²) in [7, 11) is 0. The Labute approximate surface area is 48.5 Å². The Hall–Kier alpha value is -1.20. The van der Waals surface area contributed by atoms with Crippen molar-refractivity contribution in [1.29, 1.82) is 0 Å². The van der Waals surface area contributed by atoms with Gasteiger partial charge in [-0.1, -0.05) is 0 Å². The van der Waals surface area contributed by atoms with Gasteiger partial charge in [0.05, 0.1) is 0 Å². The molecule has 0 aromatic carbocycles. The van der Waals surface area contributed by atoms with Crippen molar-refractivity contribution in [1.82, 2.24) is 5.32 Å². The van der Waals surface area contributed by atoms with Gasteiger partial charge in [-0.2, -0.15) is 8.78 Å². The molecule has 0 saturated carbocycles. The normalized spacial score (nSPS) is 9.22. The average molecular weight is 139 g/mol. The van der Waals surface area contributed by atoms with Crippen molar-refractivity contribution < 1.29 is 23.5 Å². The minimum atomic E-state index is -3.28. The molecule has 0 aliphatic heterocycles. The number of hydrogen-bond acceptors (Lipinski definition) is 2. The van der Waals surface area contributed by atoms with Crippen molar-refractivity contribution in [3.8, 4) is 0 Å². The first-order valence-corrected chi connectivity index (χ1v) is 1.86. The lowest BCUT2D eigenvalue weighted by molar-refractivity contribution is -0.130. The highest BCUT2D eigenvalue weighted by Gasteiger charge is 2.16. The van der Waals surface area contributed by atoms with Crippen LogP contribution in [0.4, 0.5) is 13.6 Å². The summed E-state index contributed by atoms with van der Waals surface area (Å²) in [4.78, 5) is 19.2. The van der Waals surface area contributed by atoms with Gasteiger partial charge in [-0.15, -0.1) is 0 Å². The van der Waals surface area contributed by atoms with Gasteiger partial charge >= 0.3 is 12.5 Å². The van der Waals surface area contributed by atoms with Crippen LogP contribution in [-0.2, 0) is 4.79 Å². The predicted octanol–water partition coefficient (Wildman–Crippen LogP) is 0.0457. The second-order valence-corrected chi connectivity index (χ2v) is 1.10. The molecule has 0 spiro atoms. The summed E-state index contributed by atoms with van der Waals surface area (Å²) in [5.41, 5.74) is 0. The van der Waals surface area contributed by atoms with Crippen LogP contribution in [-0.4, -0.2) is 23.5 Å². The highest BCUT2D eigenvalue weighted by atomic mass is 19.3. The third kappa shape index (κ3) is 3.39. The van der Waals surface area contributed by atoms with E-state index in [1.54, 1.807) is 0 Å². The number of nitrogens with one attached hydrogen (secondary N) is 1. The topological polar surface area (TPSA) is 66.4 Å². The number of amides is 2. The monoisotopic (exact) mass is 139 g/mol. The van der Waals surface area contributed by atoms with Gasteiger partial charge in [0.1, 0.15) is 0 Å². The molecule has 0 atom stereocenters. The van der Waals surface area contributed by atoms with E-state index < -0.39 is 18.4 Å². The van der Waals surface area contributed by atoms with Gasteiger partial charge in [0, 0.05) is 0 Å². The summed E-state index contributed by atoms with van der Waals surface area (Å²) >= 11 is 0. The zero-order valence-electron chi connectivity index (χ0n) is 4.10. The maximum absolute atomic E-state index is 11.1. The Kier molecular flexibility index (Phi) is 2.56. The van der Waals surface area contributed by atoms with E-state index in [0.29, 0.717) is 0 Å². The lowest BCUT2D eigenvalue weighted by atomic mass is 10.6. The first-order valence-electron chi connectivity index (χ1n) is 1.86. The van der Waals surface area contributed by atoms with Crippen LogP contribution in [0.25, 0.3) is 0 Å². The number of imide groups is 1. The number of carboxylic acid groups (broad SMARTS) is 1. The van der Waals surface area contributed by atoms with E-state index in [1.807, 2.05) is 0 Å². The summed E-state index contributed by atoms with van der Waals surface area (Å²) in [5, 5.41) is 8.64. The molecular formula is C3H3F2NO3. The van der Waals surface area contributed by atoms with Crippen molar-refractivity contribution in [3.05, 3.63) is 0 Å². The number of rotatable bonds is 1. The maximum Gasteiger partial charge on any atom is 0.411 e. The van der Waals surface area contributed by atoms with E-state index in [1.165, 1.54) is 0 Å². The number of carbonyl (C=O) groups is 2. The molecule has 0 bridgehead atoms. The molecule has 0 aliphatic rings. The van der Waals surface area contributed by atoms with E-state index in [9.17, 15) is 18.4 Å². The van der Waals surface area contributed by atoms with Crippen molar-refractivity contribution in [2.24, 2.45) is 0 Å². The van der Waals surface area contributed by atoms with E-state index in [2.05, 4.69) is 0 Å². The molecule has 52 valence electrons. The summed E-state index contributed by atoms with van der Waals surface area (Å²) in [6.07, 6.45) is -5.05. The smallest absolute Gasteiger partial charge is 0.411 e. The second-order valence-electron chi connectivity index (χ2n) is 1.10. The molecular weight excluding hydrogens is 136 g/mol. The first kappa shape index (κ1) is 7.80. The minimum absolute atomic E-state index is 0.970. The van der Waals surface area contributed by atoms with E-state index in [-0.39, 0.29) is 0 Å². The van der Waals surface area contributed by atoms with Crippen LogP contribution in [0.5, 0.6) is 0 Å². The summed E-state index contributed by atoms with van der Waals surface area (Å²) in [6, 6.07) is 0. The molecule has 0 aromatic heterocycles. The highest BCUT2D eigenvalue weighted by molar-refractivity contribution is 5.92. The molecule has 4 nitrogen and oxygen atoms in total. The molecule has 0 unspecified atom stereocenters. The van der Waals surface area contributed by atoms with Crippen LogP contribution in [0.15, 0.2) is 0 Å². The van der Waals surface area contributed by atoms with Crippen molar-refractivity contribution in [2.45, 2.75) is 6.43 Å². The average Bonchev–Trinajstić information content (AvgIpc) is 1.63. The number of halogens is 2. The highest BCUT2D eigenvalue weighted by Crippen LogP contribution is 1.89. The molecule has 0 fully saturated rings. The fourth-order valence-electron chi connectivity index (χ4n) is 0.160. The molecule has 0 rings (SSSR count). The molecule has 2 N–H and O–H groups in total. The van der Waals surface area contributed by atoms with E-state index >= 15 is 0 Å². The van der Waals surface area contributed by atoms with Gasteiger partial charge < -0.3 is 5.11 Å². The Morgan fingerprint density at radius 3 is 2.00 bits per heavy atom. The lowest BCUT2D eigenvalue weighted by Gasteiger charge is -1.94. The third-order valence-corrected chi connectivity index (χ3v) is 0.428. The summed E-state index contributed by atoms with van der Waals surface area (Å²) in [5.74, 6) is -1.80. The van der Waals surface area contributed by atoms with Gasteiger partial charge in [-0.05, 0) is 0 Å². The lowest BCUT2D eigenvalue weighted by Crippen LogP contribution is -2.33. The van der Waals surface area contributed by atoms with Crippen LogP contribution >= 0.6 is 0 Å². The molecule has 9 heavy (non-hydrogen) atoms. The SMILES string of the molecule is O=C(O)NC(=O)C(F)F. The third-order valence-electron chi connectivity index (χ3n) is 0.428. The van der Waals surface area contributed by atoms with Crippen LogP contribution in [0.1, 0.15) is 0 Å². The first-order chi connectivity index (χ1) is 4.04. The molecule has 0 heterocycles. The van der Waals surface area contributed by atoms with Gasteiger partial charge in [-0.3, -0.25) is 10.1 Å². The van der Waals surface area contributed by atoms with E-state index in [0.717, 1.165) is 5.32 Å². The molecule has 0 aliphatic carbocycles. The van der Waals surface area contributed by atoms with Gasteiger partial charge in [0.15, 0.2) is 0 Å². The van der Waals surface area contributed by atoms with Gasteiger partial charge in [-0.25, -0.2) is 4.79 Å². The summed E-state index contributed by atoms with van der Waals surface area (Å²) < 4.78 is 22.2. The van der Waals surface area contributed by atoms with Crippen LogP contribution in [0.3, 0.4) is 0 Å². The molecule has 0 radical (unpaired) electrons. The maximum atomic E-state index is 11.1. The van der Waals surface area contributed by atoms with E-state index in [4.69, 9.17) is 5.11 Å². The number of carbonyl (C=O) groups excluding carboxylic acids is 1.